The summed E-state index contributed by atoms with van der Waals surface area (Å²) in [5.41, 5.74) is 2.47. The number of benzene rings is 2. The summed E-state index contributed by atoms with van der Waals surface area (Å²) in [6.45, 7) is 4.04. The van der Waals surface area contributed by atoms with Crippen molar-refractivity contribution < 1.29 is 19.1 Å². The van der Waals surface area contributed by atoms with Gasteiger partial charge in [0.05, 0.1) is 18.7 Å². The van der Waals surface area contributed by atoms with Crippen molar-refractivity contribution >= 4 is 29.2 Å². The number of ether oxygens (including phenoxy) is 1. The highest BCUT2D eigenvalue weighted by Gasteiger charge is 2.17. The minimum Gasteiger partial charge on any atom is -0.462 e. The Morgan fingerprint density at radius 3 is 2.13 bits per heavy atom. The molecular formula is C24H29N3O4. The Balaban J connectivity index is 1.46. The zero-order chi connectivity index (χ0) is 22.1. The molecule has 2 aromatic rings. The van der Waals surface area contributed by atoms with Crippen molar-refractivity contribution in [2.45, 2.75) is 32.6 Å². The van der Waals surface area contributed by atoms with E-state index in [9.17, 15) is 14.4 Å². The molecule has 0 aromatic heterocycles. The molecule has 164 valence electrons. The maximum atomic E-state index is 12.5. The van der Waals surface area contributed by atoms with Gasteiger partial charge in [-0.2, -0.15) is 0 Å². The van der Waals surface area contributed by atoms with E-state index in [-0.39, 0.29) is 24.3 Å². The molecule has 0 saturated carbocycles. The Morgan fingerprint density at radius 2 is 1.48 bits per heavy atom. The minimum atomic E-state index is -0.372. The molecule has 1 saturated heterocycles. The molecule has 0 atom stereocenters. The number of piperidine rings is 1. The lowest BCUT2D eigenvalue weighted by molar-refractivity contribution is -0.114. The van der Waals surface area contributed by atoms with Gasteiger partial charge in [-0.25, -0.2) is 4.79 Å². The second kappa shape index (κ2) is 11.2. The number of anilines is 2. The number of esters is 1. The molecule has 31 heavy (non-hydrogen) atoms. The number of amides is 2. The van der Waals surface area contributed by atoms with Crippen LogP contribution in [-0.4, -0.2) is 48.9 Å². The highest BCUT2D eigenvalue weighted by Crippen LogP contribution is 2.16. The van der Waals surface area contributed by atoms with Crippen LogP contribution in [0.2, 0.25) is 0 Å². The molecule has 2 aromatic carbocycles. The first-order valence-electron chi connectivity index (χ1n) is 10.8. The summed E-state index contributed by atoms with van der Waals surface area (Å²) < 4.78 is 5.08. The van der Waals surface area contributed by atoms with Crippen molar-refractivity contribution in [2.24, 2.45) is 0 Å². The van der Waals surface area contributed by atoms with E-state index in [1.54, 1.807) is 48.5 Å². The van der Waals surface area contributed by atoms with Crippen molar-refractivity contribution in [1.29, 1.82) is 0 Å². The van der Waals surface area contributed by atoms with Crippen LogP contribution in [0.4, 0.5) is 11.4 Å². The highest BCUT2D eigenvalue weighted by molar-refractivity contribution is 5.96. The lowest BCUT2D eigenvalue weighted by Gasteiger charge is -2.26. The van der Waals surface area contributed by atoms with E-state index in [0.717, 1.165) is 38.0 Å². The van der Waals surface area contributed by atoms with Gasteiger partial charge in [0.15, 0.2) is 0 Å². The molecule has 0 bridgehead atoms. The predicted octanol–water partition coefficient (Wildman–Crippen LogP) is 3.93. The Labute approximate surface area is 182 Å². The maximum absolute atomic E-state index is 12.5. The second-order valence-electron chi connectivity index (χ2n) is 7.55. The standard InChI is InChI=1S/C24H29N3O4/c1-2-16-31-24(30)19-8-12-21(13-9-19)26-22(28)17-25-20-10-6-18(7-11-20)23(29)27-14-4-3-5-15-27/h6-13,25H,2-5,14-17H2,1H3,(H,26,28). The molecule has 0 aliphatic carbocycles. The summed E-state index contributed by atoms with van der Waals surface area (Å²) in [7, 11) is 0. The number of rotatable bonds is 8. The third-order valence-electron chi connectivity index (χ3n) is 5.07. The van der Waals surface area contributed by atoms with Crippen molar-refractivity contribution in [1.82, 2.24) is 4.90 Å². The molecule has 0 radical (unpaired) electrons. The summed E-state index contributed by atoms with van der Waals surface area (Å²) in [6.07, 6.45) is 4.08. The number of likely N-dealkylation sites (tertiary alicyclic amines) is 1. The van der Waals surface area contributed by atoms with Crippen LogP contribution < -0.4 is 10.6 Å². The summed E-state index contributed by atoms with van der Waals surface area (Å²) >= 11 is 0. The van der Waals surface area contributed by atoms with Crippen LogP contribution >= 0.6 is 0 Å². The molecule has 2 amide bonds. The first kappa shape index (κ1) is 22.3. The third-order valence-corrected chi connectivity index (χ3v) is 5.07. The smallest absolute Gasteiger partial charge is 0.338 e. The molecular weight excluding hydrogens is 394 g/mol. The van der Waals surface area contributed by atoms with Crippen LogP contribution in [0.25, 0.3) is 0 Å². The molecule has 0 spiro atoms. The SMILES string of the molecule is CCCOC(=O)c1ccc(NC(=O)CNc2ccc(C(=O)N3CCCCC3)cc2)cc1. The predicted molar refractivity (Wildman–Crippen MR) is 120 cm³/mol. The number of hydrogen-bond acceptors (Lipinski definition) is 5. The molecule has 7 heteroatoms. The Hall–Kier alpha value is -3.35. The maximum Gasteiger partial charge on any atom is 0.338 e. The quantitative estimate of drug-likeness (QED) is 0.628. The zero-order valence-electron chi connectivity index (χ0n) is 17.9. The van der Waals surface area contributed by atoms with Crippen LogP contribution in [0.3, 0.4) is 0 Å². The van der Waals surface area contributed by atoms with E-state index in [0.29, 0.717) is 23.4 Å². The summed E-state index contributed by atoms with van der Waals surface area (Å²) in [5, 5.41) is 5.83. The first-order chi connectivity index (χ1) is 15.1. The van der Waals surface area contributed by atoms with Gasteiger partial charge in [0.2, 0.25) is 5.91 Å². The van der Waals surface area contributed by atoms with Crippen LogP contribution in [0, 0.1) is 0 Å². The van der Waals surface area contributed by atoms with Crippen molar-refractivity contribution in [3.05, 3.63) is 59.7 Å². The average molecular weight is 424 g/mol. The van der Waals surface area contributed by atoms with Crippen LogP contribution in [0.5, 0.6) is 0 Å². The number of carbonyl (C=O) groups excluding carboxylic acids is 3. The Kier molecular flexibility index (Phi) is 8.04. The zero-order valence-corrected chi connectivity index (χ0v) is 17.9. The molecule has 1 heterocycles. The van der Waals surface area contributed by atoms with Crippen molar-refractivity contribution in [3.8, 4) is 0 Å². The average Bonchev–Trinajstić information content (AvgIpc) is 2.82. The lowest BCUT2D eigenvalue weighted by Crippen LogP contribution is -2.35. The molecule has 3 rings (SSSR count). The van der Waals surface area contributed by atoms with E-state index >= 15 is 0 Å². The summed E-state index contributed by atoms with van der Waals surface area (Å²) in [4.78, 5) is 38.4. The van der Waals surface area contributed by atoms with Crippen LogP contribution in [-0.2, 0) is 9.53 Å². The van der Waals surface area contributed by atoms with Gasteiger partial charge in [0, 0.05) is 30.0 Å². The monoisotopic (exact) mass is 423 g/mol. The Bertz CT molecular complexity index is 888. The van der Waals surface area contributed by atoms with E-state index < -0.39 is 0 Å². The van der Waals surface area contributed by atoms with Gasteiger partial charge in [-0.3, -0.25) is 9.59 Å². The first-order valence-corrected chi connectivity index (χ1v) is 10.8. The van der Waals surface area contributed by atoms with Gasteiger partial charge >= 0.3 is 5.97 Å². The normalized spacial score (nSPS) is 13.4. The van der Waals surface area contributed by atoms with Gasteiger partial charge in [-0.1, -0.05) is 6.92 Å². The number of nitrogens with one attached hydrogen (secondary N) is 2. The number of carbonyl (C=O) groups is 3. The van der Waals surface area contributed by atoms with Gasteiger partial charge in [0.25, 0.3) is 5.91 Å². The molecule has 1 fully saturated rings. The van der Waals surface area contributed by atoms with Gasteiger partial charge in [0.1, 0.15) is 0 Å². The van der Waals surface area contributed by atoms with Gasteiger partial charge < -0.3 is 20.3 Å². The molecule has 2 N–H and O–H groups in total. The molecule has 7 nitrogen and oxygen atoms in total. The van der Waals surface area contributed by atoms with Crippen molar-refractivity contribution in [3.63, 3.8) is 0 Å². The Morgan fingerprint density at radius 1 is 0.871 bits per heavy atom. The van der Waals surface area contributed by atoms with Crippen LogP contribution in [0.15, 0.2) is 48.5 Å². The van der Waals surface area contributed by atoms with E-state index in [4.69, 9.17) is 4.74 Å². The highest BCUT2D eigenvalue weighted by atomic mass is 16.5. The summed E-state index contributed by atoms with van der Waals surface area (Å²) in [5.74, 6) is -0.524. The lowest BCUT2D eigenvalue weighted by atomic mass is 10.1. The van der Waals surface area contributed by atoms with Gasteiger partial charge in [-0.15, -0.1) is 0 Å². The van der Waals surface area contributed by atoms with E-state index in [1.165, 1.54) is 6.42 Å². The largest absolute Gasteiger partial charge is 0.462 e. The van der Waals surface area contributed by atoms with Crippen molar-refractivity contribution in [2.75, 3.05) is 36.9 Å². The fraction of sp³-hybridized carbons (Fsp3) is 0.375. The fourth-order valence-electron chi connectivity index (χ4n) is 3.37. The van der Waals surface area contributed by atoms with Crippen LogP contribution in [0.1, 0.15) is 53.3 Å². The summed E-state index contributed by atoms with van der Waals surface area (Å²) in [6, 6.07) is 13.8. The fourth-order valence-corrected chi connectivity index (χ4v) is 3.37. The van der Waals surface area contributed by atoms with E-state index in [1.807, 2.05) is 11.8 Å². The van der Waals surface area contributed by atoms with Gasteiger partial charge in [-0.05, 0) is 74.2 Å². The van der Waals surface area contributed by atoms with E-state index in [2.05, 4.69) is 10.6 Å². The number of hydrogen-bond donors (Lipinski definition) is 2. The molecule has 0 unspecified atom stereocenters. The molecule has 1 aliphatic rings. The number of nitrogens with zero attached hydrogens (tertiary/aromatic N) is 1. The second-order valence-corrected chi connectivity index (χ2v) is 7.55. The topological polar surface area (TPSA) is 87.7 Å². The minimum absolute atomic E-state index is 0.0611. The third kappa shape index (κ3) is 6.57. The molecule has 1 aliphatic heterocycles.